The lowest BCUT2D eigenvalue weighted by molar-refractivity contribution is 0.629. The van der Waals surface area contributed by atoms with Crippen LogP contribution in [-0.2, 0) is 6.42 Å². The number of rotatable bonds is 5. The van der Waals surface area contributed by atoms with Gasteiger partial charge in [0.25, 0.3) is 0 Å². The summed E-state index contributed by atoms with van der Waals surface area (Å²) in [6.45, 7) is 0.643. The lowest BCUT2D eigenvalue weighted by Crippen LogP contribution is -1.99. The maximum atomic E-state index is 13.7. The molecule has 0 saturated carbocycles. The molecule has 0 spiro atoms. The number of hydrogen-bond acceptors (Lipinski definition) is 1. The monoisotopic (exact) mass is 350 g/mol. The topological polar surface area (TPSA) is 41.8 Å². The van der Waals surface area contributed by atoms with Crippen molar-refractivity contribution in [1.82, 2.24) is 4.98 Å². The first-order chi connectivity index (χ1) is 11.1. The van der Waals surface area contributed by atoms with Crippen molar-refractivity contribution in [3.05, 3.63) is 57.8 Å². The molecule has 2 aromatic carbocycles. The van der Waals surface area contributed by atoms with Crippen molar-refractivity contribution in [2.45, 2.75) is 19.3 Å². The van der Waals surface area contributed by atoms with Crippen LogP contribution >= 0.6 is 23.2 Å². The maximum Gasteiger partial charge on any atom is 0.123 e. The molecule has 0 bridgehead atoms. The minimum Gasteiger partial charge on any atom is -0.354 e. The Morgan fingerprint density at radius 1 is 1.09 bits per heavy atom. The molecule has 0 aliphatic rings. The number of nitrogens with two attached hydrogens (primary N) is 1. The van der Waals surface area contributed by atoms with Crippen molar-refractivity contribution in [3.8, 4) is 11.3 Å². The molecule has 1 heterocycles. The third-order valence-electron chi connectivity index (χ3n) is 3.97. The van der Waals surface area contributed by atoms with E-state index in [1.165, 1.54) is 6.07 Å². The Kier molecular flexibility index (Phi) is 4.90. The van der Waals surface area contributed by atoms with Crippen LogP contribution in [0, 0.1) is 5.82 Å². The van der Waals surface area contributed by atoms with E-state index in [0.29, 0.717) is 16.6 Å². The Hall–Kier alpha value is -1.55. The van der Waals surface area contributed by atoms with E-state index in [-0.39, 0.29) is 5.82 Å². The highest BCUT2D eigenvalue weighted by Gasteiger charge is 2.16. The number of nitrogens with one attached hydrogen (secondary N) is 1. The van der Waals surface area contributed by atoms with Crippen LogP contribution in [0.15, 0.2) is 36.4 Å². The molecule has 0 atom stereocenters. The van der Waals surface area contributed by atoms with Crippen LogP contribution in [0.5, 0.6) is 0 Å². The lowest BCUT2D eigenvalue weighted by Gasteiger charge is -2.08. The van der Waals surface area contributed by atoms with Crippen LogP contribution in [0.3, 0.4) is 0 Å². The minimum atomic E-state index is -0.250. The van der Waals surface area contributed by atoms with E-state index in [9.17, 15) is 4.39 Å². The molecule has 0 unspecified atom stereocenters. The van der Waals surface area contributed by atoms with Crippen LogP contribution in [0.2, 0.25) is 10.0 Å². The van der Waals surface area contributed by atoms with E-state index in [1.54, 1.807) is 18.2 Å². The van der Waals surface area contributed by atoms with Crippen LogP contribution < -0.4 is 5.73 Å². The van der Waals surface area contributed by atoms with Crippen molar-refractivity contribution < 1.29 is 4.39 Å². The number of fused-ring (bicyclic) bond motifs is 1. The van der Waals surface area contributed by atoms with Crippen molar-refractivity contribution in [3.63, 3.8) is 0 Å². The van der Waals surface area contributed by atoms with Gasteiger partial charge in [0.05, 0.1) is 15.7 Å². The molecular formula is C18H17Cl2FN2. The summed E-state index contributed by atoms with van der Waals surface area (Å²) in [5.41, 5.74) is 9.26. The minimum absolute atomic E-state index is 0.250. The van der Waals surface area contributed by atoms with Gasteiger partial charge in [0, 0.05) is 16.5 Å². The molecule has 0 radical (unpaired) electrons. The quantitative estimate of drug-likeness (QED) is 0.581. The molecule has 0 fully saturated rings. The van der Waals surface area contributed by atoms with Gasteiger partial charge in [-0.2, -0.15) is 0 Å². The Bertz CT molecular complexity index is 842. The number of aromatic amines is 1. The Morgan fingerprint density at radius 3 is 2.70 bits per heavy atom. The smallest absolute Gasteiger partial charge is 0.123 e. The molecule has 120 valence electrons. The second-order valence-corrected chi connectivity index (χ2v) is 6.30. The first kappa shape index (κ1) is 16.3. The van der Waals surface area contributed by atoms with Gasteiger partial charge < -0.3 is 10.7 Å². The summed E-state index contributed by atoms with van der Waals surface area (Å²) in [4.78, 5) is 3.36. The zero-order valence-electron chi connectivity index (χ0n) is 12.5. The molecule has 5 heteroatoms. The van der Waals surface area contributed by atoms with Crippen molar-refractivity contribution in [1.29, 1.82) is 0 Å². The molecule has 3 rings (SSSR count). The van der Waals surface area contributed by atoms with Gasteiger partial charge in [0.2, 0.25) is 0 Å². The third kappa shape index (κ3) is 3.23. The highest BCUT2D eigenvalue weighted by molar-refractivity contribution is 6.43. The summed E-state index contributed by atoms with van der Waals surface area (Å²) >= 11 is 12.5. The number of H-pyrrole nitrogens is 1. The predicted octanol–water partition coefficient (Wildman–Crippen LogP) is 5.56. The second-order valence-electron chi connectivity index (χ2n) is 5.52. The lowest BCUT2D eigenvalue weighted by atomic mass is 10.00. The SMILES string of the molecule is NCCCCc1c(-c2cccc(Cl)c2Cl)[nH]c2ccc(F)cc12. The average molecular weight is 351 g/mol. The molecule has 2 nitrogen and oxygen atoms in total. The summed E-state index contributed by atoms with van der Waals surface area (Å²) in [5.74, 6) is -0.250. The average Bonchev–Trinajstić information content (AvgIpc) is 2.88. The van der Waals surface area contributed by atoms with E-state index in [4.69, 9.17) is 28.9 Å². The van der Waals surface area contributed by atoms with E-state index in [1.807, 2.05) is 12.1 Å². The fourth-order valence-electron chi connectivity index (χ4n) is 2.85. The molecule has 0 aliphatic carbocycles. The van der Waals surface area contributed by atoms with Crippen LogP contribution in [-0.4, -0.2) is 11.5 Å². The zero-order chi connectivity index (χ0) is 16.4. The number of aromatic nitrogens is 1. The van der Waals surface area contributed by atoms with Gasteiger partial charge in [-0.25, -0.2) is 4.39 Å². The van der Waals surface area contributed by atoms with Gasteiger partial charge in [0.1, 0.15) is 5.82 Å². The van der Waals surface area contributed by atoms with Gasteiger partial charge in [-0.3, -0.25) is 0 Å². The summed E-state index contributed by atoms with van der Waals surface area (Å²) in [6, 6.07) is 10.3. The molecule has 23 heavy (non-hydrogen) atoms. The van der Waals surface area contributed by atoms with Crippen LogP contribution in [0.4, 0.5) is 4.39 Å². The fourth-order valence-corrected chi connectivity index (χ4v) is 3.25. The summed E-state index contributed by atoms with van der Waals surface area (Å²) in [5, 5.41) is 1.89. The highest BCUT2D eigenvalue weighted by atomic mass is 35.5. The molecule has 0 saturated heterocycles. The number of halogens is 3. The first-order valence-corrected chi connectivity index (χ1v) is 8.32. The van der Waals surface area contributed by atoms with Crippen molar-refractivity contribution in [2.75, 3.05) is 6.54 Å². The summed E-state index contributed by atoms with van der Waals surface area (Å²) in [6.07, 6.45) is 2.66. The largest absolute Gasteiger partial charge is 0.354 e. The predicted molar refractivity (Wildman–Crippen MR) is 95.7 cm³/mol. The number of aryl methyl sites for hydroxylation is 1. The van der Waals surface area contributed by atoms with E-state index >= 15 is 0 Å². The summed E-state index contributed by atoms with van der Waals surface area (Å²) < 4.78 is 13.7. The Balaban J connectivity index is 2.18. The van der Waals surface area contributed by atoms with E-state index in [0.717, 1.165) is 47.0 Å². The highest BCUT2D eigenvalue weighted by Crippen LogP contribution is 2.38. The third-order valence-corrected chi connectivity index (χ3v) is 4.79. The summed E-state index contributed by atoms with van der Waals surface area (Å²) in [7, 11) is 0. The van der Waals surface area contributed by atoms with Gasteiger partial charge in [-0.1, -0.05) is 35.3 Å². The normalized spacial score (nSPS) is 11.3. The standard InChI is InChI=1S/C18H17Cl2FN2/c19-15-6-3-5-13(17(15)20)18-12(4-1-2-9-22)14-10-11(21)7-8-16(14)23-18/h3,5-8,10,23H,1-2,4,9,22H2. The van der Waals surface area contributed by atoms with E-state index < -0.39 is 0 Å². The molecule has 0 aliphatic heterocycles. The Labute approximate surface area is 144 Å². The van der Waals surface area contributed by atoms with Gasteiger partial charge >= 0.3 is 0 Å². The maximum absolute atomic E-state index is 13.7. The van der Waals surface area contributed by atoms with Crippen molar-refractivity contribution in [2.24, 2.45) is 5.73 Å². The van der Waals surface area contributed by atoms with Gasteiger partial charge in [-0.15, -0.1) is 0 Å². The first-order valence-electron chi connectivity index (χ1n) is 7.56. The van der Waals surface area contributed by atoms with Crippen molar-refractivity contribution >= 4 is 34.1 Å². The molecule has 3 aromatic rings. The van der Waals surface area contributed by atoms with Gasteiger partial charge in [0.15, 0.2) is 0 Å². The fraction of sp³-hybridized carbons (Fsp3) is 0.222. The zero-order valence-corrected chi connectivity index (χ0v) is 14.0. The Morgan fingerprint density at radius 2 is 1.91 bits per heavy atom. The number of unbranched alkanes of at least 4 members (excludes halogenated alkanes) is 1. The van der Waals surface area contributed by atoms with Crippen LogP contribution in [0.25, 0.3) is 22.2 Å². The number of benzene rings is 2. The molecule has 0 amide bonds. The van der Waals surface area contributed by atoms with Crippen LogP contribution in [0.1, 0.15) is 18.4 Å². The number of hydrogen-bond donors (Lipinski definition) is 2. The molecular weight excluding hydrogens is 334 g/mol. The molecule has 1 aromatic heterocycles. The molecule has 3 N–H and O–H groups in total. The van der Waals surface area contributed by atoms with Gasteiger partial charge in [-0.05, 0) is 55.6 Å². The van der Waals surface area contributed by atoms with E-state index in [2.05, 4.69) is 4.98 Å². The second kappa shape index (κ2) is 6.91.